The topological polar surface area (TPSA) is 83.6 Å². The SMILES string of the molecule is O=C(Nc1ncnc2[nH]c(-c3ccc(C(F)(F)F)cc3)nc12)c1ccccc1. The van der Waals surface area contributed by atoms with Crippen molar-refractivity contribution in [2.24, 2.45) is 0 Å². The molecule has 140 valence electrons. The molecule has 4 aromatic rings. The molecule has 9 heteroatoms. The van der Waals surface area contributed by atoms with Gasteiger partial charge in [0, 0.05) is 11.1 Å². The molecule has 0 saturated carbocycles. The highest BCUT2D eigenvalue weighted by molar-refractivity contribution is 6.06. The Hall–Kier alpha value is -3.75. The fourth-order valence-corrected chi connectivity index (χ4v) is 2.64. The lowest BCUT2D eigenvalue weighted by molar-refractivity contribution is -0.137. The molecule has 2 aromatic heterocycles. The van der Waals surface area contributed by atoms with Crippen molar-refractivity contribution in [2.75, 3.05) is 5.32 Å². The van der Waals surface area contributed by atoms with Gasteiger partial charge in [-0.3, -0.25) is 4.79 Å². The van der Waals surface area contributed by atoms with Crippen LogP contribution in [0, 0.1) is 0 Å². The van der Waals surface area contributed by atoms with E-state index in [1.807, 2.05) is 0 Å². The van der Waals surface area contributed by atoms with Gasteiger partial charge in [0.2, 0.25) is 0 Å². The molecule has 4 rings (SSSR count). The van der Waals surface area contributed by atoms with Crippen LogP contribution in [0.4, 0.5) is 19.0 Å². The van der Waals surface area contributed by atoms with E-state index in [1.54, 1.807) is 30.3 Å². The Morgan fingerprint density at radius 3 is 2.36 bits per heavy atom. The quantitative estimate of drug-likeness (QED) is 0.553. The Balaban J connectivity index is 1.66. The Morgan fingerprint density at radius 2 is 1.68 bits per heavy atom. The van der Waals surface area contributed by atoms with Crippen LogP contribution >= 0.6 is 0 Å². The van der Waals surface area contributed by atoms with Crippen LogP contribution in [0.1, 0.15) is 15.9 Å². The van der Waals surface area contributed by atoms with Gasteiger partial charge in [0.15, 0.2) is 17.0 Å². The standard InChI is InChI=1S/C19H12F3N5O/c20-19(21,22)13-8-6-11(7-9-13)15-25-14-16(26-15)23-10-24-17(14)27-18(28)12-4-2-1-3-5-12/h1-10H,(H2,23,24,25,26,27,28). The first-order chi connectivity index (χ1) is 13.4. The lowest BCUT2D eigenvalue weighted by Gasteiger charge is -2.06. The summed E-state index contributed by atoms with van der Waals surface area (Å²) in [6, 6.07) is 13.2. The van der Waals surface area contributed by atoms with Crippen LogP contribution in [0.2, 0.25) is 0 Å². The third-order valence-electron chi connectivity index (χ3n) is 4.04. The Labute approximate surface area is 156 Å². The fraction of sp³-hybridized carbons (Fsp3) is 0.0526. The van der Waals surface area contributed by atoms with Crippen LogP contribution in [0.3, 0.4) is 0 Å². The van der Waals surface area contributed by atoms with E-state index in [0.717, 1.165) is 12.1 Å². The second-order valence-electron chi connectivity index (χ2n) is 5.90. The normalized spacial score (nSPS) is 11.5. The number of hydrogen-bond acceptors (Lipinski definition) is 4. The van der Waals surface area contributed by atoms with Crippen molar-refractivity contribution in [1.82, 2.24) is 19.9 Å². The van der Waals surface area contributed by atoms with Gasteiger partial charge in [-0.1, -0.05) is 30.3 Å². The van der Waals surface area contributed by atoms with E-state index >= 15 is 0 Å². The van der Waals surface area contributed by atoms with Crippen LogP contribution in [0.5, 0.6) is 0 Å². The van der Waals surface area contributed by atoms with Crippen molar-refractivity contribution in [3.63, 3.8) is 0 Å². The molecule has 0 aliphatic carbocycles. The molecule has 0 bridgehead atoms. The number of fused-ring (bicyclic) bond motifs is 1. The molecule has 0 fully saturated rings. The van der Waals surface area contributed by atoms with E-state index < -0.39 is 11.7 Å². The summed E-state index contributed by atoms with van der Waals surface area (Å²) in [7, 11) is 0. The molecule has 0 aliphatic rings. The molecule has 0 radical (unpaired) electrons. The van der Waals surface area contributed by atoms with Crippen LogP contribution < -0.4 is 5.32 Å². The van der Waals surface area contributed by atoms with Gasteiger partial charge in [-0.15, -0.1) is 0 Å². The zero-order valence-electron chi connectivity index (χ0n) is 14.2. The number of H-pyrrole nitrogens is 1. The highest BCUT2D eigenvalue weighted by atomic mass is 19.4. The summed E-state index contributed by atoms with van der Waals surface area (Å²) in [4.78, 5) is 27.7. The number of benzene rings is 2. The molecule has 0 spiro atoms. The number of alkyl halides is 3. The molecule has 1 amide bonds. The van der Waals surface area contributed by atoms with E-state index in [0.29, 0.717) is 28.1 Å². The summed E-state index contributed by atoms with van der Waals surface area (Å²) in [6.45, 7) is 0. The van der Waals surface area contributed by atoms with Gasteiger partial charge in [-0.05, 0) is 24.3 Å². The van der Waals surface area contributed by atoms with Gasteiger partial charge >= 0.3 is 6.18 Å². The van der Waals surface area contributed by atoms with Crippen molar-refractivity contribution in [3.8, 4) is 11.4 Å². The first-order valence-electron chi connectivity index (χ1n) is 8.16. The van der Waals surface area contributed by atoms with Gasteiger partial charge in [0.05, 0.1) is 5.56 Å². The molecule has 28 heavy (non-hydrogen) atoms. The number of aromatic nitrogens is 4. The molecule has 0 atom stereocenters. The van der Waals surface area contributed by atoms with Crippen molar-refractivity contribution < 1.29 is 18.0 Å². The maximum absolute atomic E-state index is 12.7. The number of aromatic amines is 1. The lowest BCUT2D eigenvalue weighted by atomic mass is 10.1. The number of rotatable bonds is 3. The van der Waals surface area contributed by atoms with Gasteiger partial charge < -0.3 is 10.3 Å². The number of amides is 1. The first-order valence-corrected chi connectivity index (χ1v) is 8.16. The second-order valence-corrected chi connectivity index (χ2v) is 5.90. The van der Waals surface area contributed by atoms with E-state index in [4.69, 9.17) is 0 Å². The largest absolute Gasteiger partial charge is 0.416 e. The molecule has 2 N–H and O–H groups in total. The zero-order chi connectivity index (χ0) is 19.7. The summed E-state index contributed by atoms with van der Waals surface area (Å²) in [5.41, 5.74) is 0.817. The molecular weight excluding hydrogens is 371 g/mol. The van der Waals surface area contributed by atoms with Crippen LogP contribution in [-0.2, 0) is 6.18 Å². The van der Waals surface area contributed by atoms with Gasteiger partial charge in [0.1, 0.15) is 12.2 Å². The summed E-state index contributed by atoms with van der Waals surface area (Å²) >= 11 is 0. The van der Waals surface area contributed by atoms with Gasteiger partial charge in [0.25, 0.3) is 5.91 Å². The minimum absolute atomic E-state index is 0.202. The molecule has 0 aliphatic heterocycles. The molecule has 0 saturated heterocycles. The number of nitrogens with one attached hydrogen (secondary N) is 2. The highest BCUT2D eigenvalue weighted by Crippen LogP contribution is 2.31. The van der Waals surface area contributed by atoms with Gasteiger partial charge in [-0.2, -0.15) is 13.2 Å². The van der Waals surface area contributed by atoms with E-state index in [-0.39, 0.29) is 11.7 Å². The lowest BCUT2D eigenvalue weighted by Crippen LogP contribution is -2.13. The second kappa shape index (κ2) is 6.76. The molecule has 2 aromatic carbocycles. The summed E-state index contributed by atoms with van der Waals surface area (Å²) in [5, 5.41) is 2.67. The van der Waals surface area contributed by atoms with Crippen molar-refractivity contribution in [3.05, 3.63) is 72.1 Å². The Kier molecular flexibility index (Phi) is 4.26. The zero-order valence-corrected chi connectivity index (χ0v) is 14.2. The summed E-state index contributed by atoms with van der Waals surface area (Å²) < 4.78 is 38.2. The van der Waals surface area contributed by atoms with Crippen molar-refractivity contribution in [2.45, 2.75) is 6.18 Å². The van der Waals surface area contributed by atoms with Gasteiger partial charge in [-0.25, -0.2) is 15.0 Å². The third kappa shape index (κ3) is 3.41. The summed E-state index contributed by atoms with van der Waals surface area (Å²) in [5.74, 6) is 0.160. The first kappa shape index (κ1) is 17.7. The van der Waals surface area contributed by atoms with Crippen LogP contribution in [0.15, 0.2) is 60.9 Å². The van der Waals surface area contributed by atoms with Crippen LogP contribution in [-0.4, -0.2) is 25.8 Å². The number of nitrogens with zero attached hydrogens (tertiary/aromatic N) is 3. The molecular formula is C19H12F3N5O. The predicted molar refractivity (Wildman–Crippen MR) is 96.5 cm³/mol. The smallest absolute Gasteiger partial charge is 0.322 e. The van der Waals surface area contributed by atoms with Crippen molar-refractivity contribution >= 4 is 22.9 Å². The van der Waals surface area contributed by atoms with E-state index in [9.17, 15) is 18.0 Å². The number of imidazole rings is 1. The Morgan fingerprint density at radius 1 is 0.964 bits per heavy atom. The van der Waals surface area contributed by atoms with Crippen LogP contribution in [0.25, 0.3) is 22.6 Å². The maximum atomic E-state index is 12.7. The number of carbonyl (C=O) groups excluding carboxylic acids is 1. The average molecular weight is 383 g/mol. The number of carbonyl (C=O) groups is 1. The fourth-order valence-electron chi connectivity index (χ4n) is 2.64. The van der Waals surface area contributed by atoms with Crippen molar-refractivity contribution in [1.29, 1.82) is 0 Å². The summed E-state index contributed by atoms with van der Waals surface area (Å²) in [6.07, 6.45) is -3.15. The van der Waals surface area contributed by atoms with E-state index in [2.05, 4.69) is 25.3 Å². The van der Waals surface area contributed by atoms with E-state index in [1.165, 1.54) is 18.5 Å². The number of anilines is 1. The maximum Gasteiger partial charge on any atom is 0.416 e. The predicted octanol–water partition coefficient (Wildman–Crippen LogP) is 4.29. The molecule has 2 heterocycles. The monoisotopic (exact) mass is 383 g/mol. The molecule has 0 unspecified atom stereocenters. The minimum Gasteiger partial charge on any atom is -0.322 e. The number of halogens is 3. The minimum atomic E-state index is -4.41. The third-order valence-corrected chi connectivity index (χ3v) is 4.04. The molecule has 6 nitrogen and oxygen atoms in total. The Bertz CT molecular complexity index is 1140. The number of hydrogen-bond donors (Lipinski definition) is 2. The average Bonchev–Trinajstić information content (AvgIpc) is 3.13. The highest BCUT2D eigenvalue weighted by Gasteiger charge is 2.30.